The van der Waals surface area contributed by atoms with Crippen molar-refractivity contribution in [2.45, 2.75) is 16.5 Å². The summed E-state index contributed by atoms with van der Waals surface area (Å²) in [4.78, 5) is 3.91. The number of hydrogen-bond acceptors (Lipinski definition) is 3. The van der Waals surface area contributed by atoms with Crippen molar-refractivity contribution in [1.29, 1.82) is 0 Å². The zero-order valence-corrected chi connectivity index (χ0v) is 12.2. The van der Waals surface area contributed by atoms with E-state index in [1.807, 2.05) is 37.4 Å². The standard InChI is InChI=1S/C15H15F3N2S/c1-19-10-13(11-5-3-2-4-6-11)21-14-8-7-12(9-20-14)15(16,17)18/h2-9,13,19H,10H2,1H3. The van der Waals surface area contributed by atoms with Gasteiger partial charge in [-0.3, -0.25) is 0 Å². The quantitative estimate of drug-likeness (QED) is 0.840. The van der Waals surface area contributed by atoms with Gasteiger partial charge in [0.25, 0.3) is 0 Å². The smallest absolute Gasteiger partial charge is 0.318 e. The maximum absolute atomic E-state index is 12.5. The van der Waals surface area contributed by atoms with Crippen molar-refractivity contribution in [1.82, 2.24) is 10.3 Å². The predicted octanol–water partition coefficient (Wildman–Crippen LogP) is 4.15. The molecular weight excluding hydrogens is 297 g/mol. The van der Waals surface area contributed by atoms with Gasteiger partial charge in [-0.15, -0.1) is 0 Å². The third-order valence-corrected chi connectivity index (χ3v) is 4.09. The third-order valence-electron chi connectivity index (χ3n) is 2.89. The van der Waals surface area contributed by atoms with E-state index in [4.69, 9.17) is 0 Å². The molecule has 0 bridgehead atoms. The van der Waals surface area contributed by atoms with E-state index in [2.05, 4.69) is 10.3 Å². The van der Waals surface area contributed by atoms with Gasteiger partial charge in [0.1, 0.15) is 0 Å². The van der Waals surface area contributed by atoms with Crippen LogP contribution in [0.4, 0.5) is 13.2 Å². The molecule has 1 aromatic carbocycles. The molecule has 1 atom stereocenters. The molecule has 112 valence electrons. The van der Waals surface area contributed by atoms with Crippen molar-refractivity contribution in [2.24, 2.45) is 0 Å². The minimum Gasteiger partial charge on any atom is -0.318 e. The Kier molecular flexibility index (Phi) is 5.25. The van der Waals surface area contributed by atoms with E-state index >= 15 is 0 Å². The minimum atomic E-state index is -4.35. The Balaban J connectivity index is 2.14. The van der Waals surface area contributed by atoms with Gasteiger partial charge >= 0.3 is 6.18 Å². The molecule has 0 aliphatic carbocycles. The number of benzene rings is 1. The Labute approximate surface area is 125 Å². The van der Waals surface area contributed by atoms with E-state index < -0.39 is 11.7 Å². The Morgan fingerprint density at radius 2 is 1.86 bits per heavy atom. The molecule has 0 saturated heterocycles. The van der Waals surface area contributed by atoms with Gasteiger partial charge in [-0.05, 0) is 24.7 Å². The van der Waals surface area contributed by atoms with Gasteiger partial charge in [-0.25, -0.2) is 4.98 Å². The summed E-state index contributed by atoms with van der Waals surface area (Å²) in [7, 11) is 1.84. The van der Waals surface area contributed by atoms with Gasteiger partial charge in [-0.1, -0.05) is 42.1 Å². The first-order valence-corrected chi connectivity index (χ1v) is 7.28. The Bertz CT molecular complexity index is 555. The second-order valence-electron chi connectivity index (χ2n) is 4.46. The van der Waals surface area contributed by atoms with Crippen LogP contribution in [-0.4, -0.2) is 18.6 Å². The van der Waals surface area contributed by atoms with E-state index in [0.717, 1.165) is 17.8 Å². The second-order valence-corrected chi connectivity index (χ2v) is 5.68. The highest BCUT2D eigenvalue weighted by Crippen LogP contribution is 2.35. The molecule has 0 amide bonds. The molecule has 0 radical (unpaired) electrons. The molecule has 1 heterocycles. The van der Waals surface area contributed by atoms with Crippen LogP contribution in [0.3, 0.4) is 0 Å². The largest absolute Gasteiger partial charge is 0.417 e. The van der Waals surface area contributed by atoms with Crippen molar-refractivity contribution in [3.63, 3.8) is 0 Å². The average Bonchev–Trinajstić information content (AvgIpc) is 2.47. The van der Waals surface area contributed by atoms with Crippen LogP contribution in [0, 0.1) is 0 Å². The molecule has 2 rings (SSSR count). The van der Waals surface area contributed by atoms with E-state index in [0.29, 0.717) is 11.6 Å². The maximum atomic E-state index is 12.5. The summed E-state index contributed by atoms with van der Waals surface area (Å²) < 4.78 is 37.5. The van der Waals surface area contributed by atoms with Crippen LogP contribution >= 0.6 is 11.8 Å². The molecule has 0 spiro atoms. The van der Waals surface area contributed by atoms with Crippen LogP contribution in [0.15, 0.2) is 53.7 Å². The number of pyridine rings is 1. The zero-order valence-electron chi connectivity index (χ0n) is 11.4. The number of hydrogen-bond donors (Lipinski definition) is 1. The highest BCUT2D eigenvalue weighted by Gasteiger charge is 2.30. The van der Waals surface area contributed by atoms with E-state index in [9.17, 15) is 13.2 Å². The van der Waals surface area contributed by atoms with Crippen molar-refractivity contribution in [3.8, 4) is 0 Å². The number of aromatic nitrogens is 1. The zero-order chi connectivity index (χ0) is 15.3. The Morgan fingerprint density at radius 1 is 1.14 bits per heavy atom. The van der Waals surface area contributed by atoms with E-state index in [-0.39, 0.29) is 5.25 Å². The lowest BCUT2D eigenvalue weighted by atomic mass is 10.1. The first-order chi connectivity index (χ1) is 10.0. The number of halogens is 3. The highest BCUT2D eigenvalue weighted by atomic mass is 32.2. The first kappa shape index (κ1) is 15.9. The van der Waals surface area contributed by atoms with Crippen molar-refractivity contribution in [3.05, 3.63) is 59.8 Å². The number of thioether (sulfide) groups is 1. The fourth-order valence-electron chi connectivity index (χ4n) is 1.84. The Morgan fingerprint density at radius 3 is 2.38 bits per heavy atom. The van der Waals surface area contributed by atoms with Crippen LogP contribution in [0.1, 0.15) is 16.4 Å². The van der Waals surface area contributed by atoms with Crippen molar-refractivity contribution < 1.29 is 13.2 Å². The molecule has 0 aliphatic heterocycles. The monoisotopic (exact) mass is 312 g/mol. The number of nitrogens with one attached hydrogen (secondary N) is 1. The van der Waals surface area contributed by atoms with Gasteiger partial charge in [-0.2, -0.15) is 13.2 Å². The lowest BCUT2D eigenvalue weighted by Crippen LogP contribution is -2.15. The summed E-state index contributed by atoms with van der Waals surface area (Å²) in [6.45, 7) is 0.706. The third kappa shape index (κ3) is 4.47. The summed E-state index contributed by atoms with van der Waals surface area (Å²) in [5, 5.41) is 3.77. The summed E-state index contributed by atoms with van der Waals surface area (Å²) >= 11 is 1.44. The van der Waals surface area contributed by atoms with Crippen molar-refractivity contribution in [2.75, 3.05) is 13.6 Å². The van der Waals surface area contributed by atoms with Gasteiger partial charge in [0.15, 0.2) is 0 Å². The number of likely N-dealkylation sites (N-methyl/N-ethyl adjacent to an activating group) is 1. The molecule has 2 nitrogen and oxygen atoms in total. The summed E-state index contributed by atoms with van der Waals surface area (Å²) in [6, 6.07) is 12.3. The van der Waals surface area contributed by atoms with Crippen LogP contribution in [0.5, 0.6) is 0 Å². The molecule has 0 fully saturated rings. The summed E-state index contributed by atoms with van der Waals surface area (Å²) in [5.41, 5.74) is 0.385. The van der Waals surface area contributed by atoms with Crippen LogP contribution < -0.4 is 5.32 Å². The molecule has 0 aliphatic rings. The van der Waals surface area contributed by atoms with Gasteiger partial charge in [0.05, 0.1) is 10.6 Å². The first-order valence-electron chi connectivity index (χ1n) is 6.40. The van der Waals surface area contributed by atoms with Gasteiger partial charge < -0.3 is 5.32 Å². The highest BCUT2D eigenvalue weighted by molar-refractivity contribution is 7.99. The van der Waals surface area contributed by atoms with Crippen molar-refractivity contribution >= 4 is 11.8 Å². The molecule has 0 saturated carbocycles. The fraction of sp³-hybridized carbons (Fsp3) is 0.267. The van der Waals surface area contributed by atoms with Crippen LogP contribution in [0.2, 0.25) is 0 Å². The average molecular weight is 312 g/mol. The fourth-order valence-corrected chi connectivity index (χ4v) is 2.94. The maximum Gasteiger partial charge on any atom is 0.417 e. The van der Waals surface area contributed by atoms with Crippen LogP contribution in [-0.2, 0) is 6.18 Å². The molecule has 1 unspecified atom stereocenters. The van der Waals surface area contributed by atoms with Crippen LogP contribution in [0.25, 0.3) is 0 Å². The number of rotatable bonds is 5. The molecule has 6 heteroatoms. The Hall–Kier alpha value is -1.53. The number of alkyl halides is 3. The molecule has 1 N–H and O–H groups in total. The molecule has 21 heavy (non-hydrogen) atoms. The molecular formula is C15H15F3N2S. The van der Waals surface area contributed by atoms with E-state index in [1.165, 1.54) is 17.8 Å². The topological polar surface area (TPSA) is 24.9 Å². The minimum absolute atomic E-state index is 0.0976. The molecule has 2 aromatic rings. The van der Waals surface area contributed by atoms with Gasteiger partial charge in [0.2, 0.25) is 0 Å². The SMILES string of the molecule is CNCC(Sc1ccc(C(F)(F)F)cn1)c1ccccc1. The summed E-state index contributed by atoms with van der Waals surface area (Å²) in [5.74, 6) is 0. The number of nitrogens with zero attached hydrogens (tertiary/aromatic N) is 1. The summed E-state index contributed by atoms with van der Waals surface area (Å²) in [6.07, 6.45) is -3.47. The lowest BCUT2D eigenvalue weighted by Gasteiger charge is -2.16. The molecule has 1 aromatic heterocycles. The predicted molar refractivity (Wildman–Crippen MR) is 78.2 cm³/mol. The normalized spacial score (nSPS) is 13.1. The van der Waals surface area contributed by atoms with E-state index in [1.54, 1.807) is 0 Å². The lowest BCUT2D eigenvalue weighted by molar-refractivity contribution is -0.137. The van der Waals surface area contributed by atoms with Gasteiger partial charge in [0, 0.05) is 18.0 Å². The second kappa shape index (κ2) is 6.95.